The number of hydrogen-bond donors (Lipinski definition) is 0. The molecule has 1 atom stereocenters. The van der Waals surface area contributed by atoms with Gasteiger partial charge in [-0.15, -0.1) is 0 Å². The molecule has 1 unspecified atom stereocenters. The van der Waals surface area contributed by atoms with Gasteiger partial charge in [-0.3, -0.25) is 9.69 Å². The maximum atomic E-state index is 10.8. The predicted octanol–water partition coefficient (Wildman–Crippen LogP) is 1.94. The van der Waals surface area contributed by atoms with Crippen molar-refractivity contribution in [1.29, 1.82) is 0 Å². The first-order valence-electron chi connectivity index (χ1n) is 4.45. The van der Waals surface area contributed by atoms with Crippen LogP contribution in [0.1, 0.15) is 34.6 Å². The van der Waals surface area contributed by atoms with E-state index in [4.69, 9.17) is 0 Å². The summed E-state index contributed by atoms with van der Waals surface area (Å²) in [5.41, 5.74) is 0.240. The zero-order valence-corrected chi connectivity index (χ0v) is 9.14. The molecule has 0 aliphatic carbocycles. The van der Waals surface area contributed by atoms with E-state index in [-0.39, 0.29) is 11.2 Å². The summed E-state index contributed by atoms with van der Waals surface area (Å²) in [5.74, 6) is 0.230. The van der Waals surface area contributed by atoms with Crippen molar-refractivity contribution in [3.8, 4) is 0 Å². The minimum absolute atomic E-state index is 0.230. The Bertz CT molecular complexity index is 158. The molecule has 2 nitrogen and oxygen atoms in total. The predicted molar refractivity (Wildman–Crippen MR) is 52.2 cm³/mol. The average molecular weight is 171 g/mol. The second-order valence-electron chi connectivity index (χ2n) is 4.66. The molecule has 0 heterocycles. The molecular weight excluding hydrogens is 150 g/mol. The molecule has 12 heavy (non-hydrogen) atoms. The van der Waals surface area contributed by atoms with Crippen molar-refractivity contribution in [2.45, 2.75) is 40.7 Å². The van der Waals surface area contributed by atoms with Gasteiger partial charge >= 0.3 is 0 Å². The molecule has 72 valence electrons. The summed E-state index contributed by atoms with van der Waals surface area (Å²) < 4.78 is 0. The first kappa shape index (κ1) is 11.6. The van der Waals surface area contributed by atoms with E-state index in [0.29, 0.717) is 12.6 Å². The topological polar surface area (TPSA) is 20.3 Å². The van der Waals surface area contributed by atoms with Crippen molar-refractivity contribution < 1.29 is 4.79 Å². The first-order valence-corrected chi connectivity index (χ1v) is 4.45. The summed E-state index contributed by atoms with van der Waals surface area (Å²) in [6, 6.07) is 0.432. The second-order valence-corrected chi connectivity index (χ2v) is 4.66. The van der Waals surface area contributed by atoms with Crippen LogP contribution in [0.25, 0.3) is 0 Å². The van der Waals surface area contributed by atoms with E-state index in [1.165, 1.54) is 0 Å². The second kappa shape index (κ2) is 4.04. The van der Waals surface area contributed by atoms with Gasteiger partial charge in [0.2, 0.25) is 0 Å². The Morgan fingerprint density at radius 1 is 1.42 bits per heavy atom. The Hall–Kier alpha value is -0.370. The fraction of sp³-hybridized carbons (Fsp3) is 0.900. The molecular formula is C10H21NO. The summed E-state index contributed by atoms with van der Waals surface area (Å²) >= 11 is 0. The molecule has 0 N–H and O–H groups in total. The number of hydrogen-bond acceptors (Lipinski definition) is 2. The van der Waals surface area contributed by atoms with Crippen molar-refractivity contribution in [1.82, 2.24) is 4.90 Å². The third-order valence-electron chi connectivity index (χ3n) is 2.39. The van der Waals surface area contributed by atoms with Crippen LogP contribution in [0, 0.1) is 5.41 Å². The zero-order valence-electron chi connectivity index (χ0n) is 9.14. The van der Waals surface area contributed by atoms with Gasteiger partial charge in [0.05, 0.1) is 6.54 Å². The maximum Gasteiger partial charge on any atom is 0.143 e. The molecule has 0 saturated heterocycles. The molecule has 0 spiro atoms. The van der Waals surface area contributed by atoms with Crippen LogP contribution in [0.3, 0.4) is 0 Å². The van der Waals surface area contributed by atoms with E-state index in [1.807, 2.05) is 7.05 Å². The molecule has 0 aromatic heterocycles. The van der Waals surface area contributed by atoms with Crippen LogP contribution < -0.4 is 0 Å². The highest BCUT2D eigenvalue weighted by Crippen LogP contribution is 2.22. The summed E-state index contributed by atoms with van der Waals surface area (Å²) in [5, 5.41) is 0. The van der Waals surface area contributed by atoms with E-state index in [2.05, 4.69) is 32.6 Å². The average Bonchev–Trinajstić information content (AvgIpc) is 1.82. The minimum Gasteiger partial charge on any atom is -0.299 e. The van der Waals surface area contributed by atoms with Crippen molar-refractivity contribution in [3.05, 3.63) is 0 Å². The number of nitrogens with zero attached hydrogens (tertiary/aromatic N) is 1. The van der Waals surface area contributed by atoms with Gasteiger partial charge < -0.3 is 0 Å². The first-order chi connectivity index (χ1) is 5.25. The quantitative estimate of drug-likeness (QED) is 0.647. The minimum atomic E-state index is 0.230. The van der Waals surface area contributed by atoms with Crippen LogP contribution in [0.2, 0.25) is 0 Å². The molecule has 0 radical (unpaired) electrons. The van der Waals surface area contributed by atoms with E-state index in [9.17, 15) is 4.79 Å². The fourth-order valence-corrected chi connectivity index (χ4v) is 1.15. The lowest BCUT2D eigenvalue weighted by Gasteiger charge is -2.34. The lowest BCUT2D eigenvalue weighted by molar-refractivity contribution is -0.118. The molecule has 0 aliphatic rings. The van der Waals surface area contributed by atoms with E-state index < -0.39 is 0 Å². The van der Waals surface area contributed by atoms with Gasteiger partial charge in [-0.1, -0.05) is 20.8 Å². The van der Waals surface area contributed by atoms with Gasteiger partial charge in [-0.2, -0.15) is 0 Å². The Balaban J connectivity index is 4.10. The number of carbonyl (C=O) groups excluding carboxylic acids is 1. The van der Waals surface area contributed by atoms with Crippen LogP contribution in [0.4, 0.5) is 0 Å². The lowest BCUT2D eigenvalue weighted by Crippen LogP contribution is -2.41. The standard InChI is InChI=1S/C10H21NO/c1-8(12)7-11(6)9(2)10(3,4)5/h9H,7H2,1-6H3. The summed E-state index contributed by atoms with van der Waals surface area (Å²) in [7, 11) is 2.00. The molecule has 0 aromatic carbocycles. The summed E-state index contributed by atoms with van der Waals surface area (Å²) in [6.45, 7) is 10.9. The Morgan fingerprint density at radius 3 is 2.08 bits per heavy atom. The summed E-state index contributed by atoms with van der Waals surface area (Å²) in [6.07, 6.45) is 0. The monoisotopic (exact) mass is 171 g/mol. The van der Waals surface area contributed by atoms with Gasteiger partial charge in [-0.05, 0) is 26.3 Å². The Labute approximate surface area is 75.9 Å². The van der Waals surface area contributed by atoms with Crippen LogP contribution in [0.5, 0.6) is 0 Å². The van der Waals surface area contributed by atoms with E-state index in [0.717, 1.165) is 0 Å². The molecule has 0 fully saturated rings. The Kier molecular flexibility index (Phi) is 3.91. The van der Waals surface area contributed by atoms with E-state index >= 15 is 0 Å². The highest BCUT2D eigenvalue weighted by molar-refractivity contribution is 5.77. The van der Waals surface area contributed by atoms with Crippen LogP contribution >= 0.6 is 0 Å². The smallest absolute Gasteiger partial charge is 0.143 e. The number of Topliss-reactive ketones (excluding diaryl/α,β-unsaturated/α-hetero) is 1. The van der Waals surface area contributed by atoms with Gasteiger partial charge in [0.1, 0.15) is 5.78 Å². The largest absolute Gasteiger partial charge is 0.299 e. The van der Waals surface area contributed by atoms with Gasteiger partial charge in [0.25, 0.3) is 0 Å². The molecule has 0 rings (SSSR count). The lowest BCUT2D eigenvalue weighted by atomic mass is 9.87. The van der Waals surface area contributed by atoms with E-state index in [1.54, 1.807) is 6.92 Å². The van der Waals surface area contributed by atoms with Crippen molar-refractivity contribution in [2.75, 3.05) is 13.6 Å². The maximum absolute atomic E-state index is 10.8. The molecule has 0 amide bonds. The number of rotatable bonds is 3. The normalized spacial score (nSPS) is 14.9. The van der Waals surface area contributed by atoms with Crippen LogP contribution in [-0.4, -0.2) is 30.3 Å². The van der Waals surface area contributed by atoms with Crippen LogP contribution in [-0.2, 0) is 4.79 Å². The van der Waals surface area contributed by atoms with Gasteiger partial charge in [-0.25, -0.2) is 0 Å². The third-order valence-corrected chi connectivity index (χ3v) is 2.39. The number of ketones is 1. The molecule has 0 bridgehead atoms. The fourth-order valence-electron chi connectivity index (χ4n) is 1.15. The molecule has 0 aromatic rings. The number of likely N-dealkylation sites (N-methyl/N-ethyl adjacent to an activating group) is 1. The van der Waals surface area contributed by atoms with Crippen molar-refractivity contribution in [3.63, 3.8) is 0 Å². The molecule has 2 heteroatoms. The Morgan fingerprint density at radius 2 is 1.83 bits per heavy atom. The SMILES string of the molecule is CC(=O)CN(C)C(C)C(C)(C)C. The molecule has 0 saturated carbocycles. The highest BCUT2D eigenvalue weighted by Gasteiger charge is 2.23. The van der Waals surface area contributed by atoms with Crippen molar-refractivity contribution in [2.24, 2.45) is 5.41 Å². The highest BCUT2D eigenvalue weighted by atomic mass is 16.1. The van der Waals surface area contributed by atoms with Gasteiger partial charge in [0.15, 0.2) is 0 Å². The van der Waals surface area contributed by atoms with Gasteiger partial charge in [0, 0.05) is 6.04 Å². The molecule has 0 aliphatic heterocycles. The van der Waals surface area contributed by atoms with Crippen molar-refractivity contribution >= 4 is 5.78 Å². The third kappa shape index (κ3) is 3.86. The number of carbonyl (C=O) groups is 1. The summed E-state index contributed by atoms with van der Waals surface area (Å²) in [4.78, 5) is 12.9. The zero-order chi connectivity index (χ0) is 9.94. The van der Waals surface area contributed by atoms with Crippen LogP contribution in [0.15, 0.2) is 0 Å².